The Morgan fingerprint density at radius 3 is 2.65 bits per heavy atom. The Morgan fingerprint density at radius 2 is 1.95 bits per heavy atom. The van der Waals surface area contributed by atoms with Crippen molar-refractivity contribution in [3.8, 4) is 0 Å². The highest BCUT2D eigenvalue weighted by molar-refractivity contribution is 6.05. The zero-order valence-electron chi connectivity index (χ0n) is 12.1. The normalized spacial score (nSPS) is 10.2. The molecule has 0 unspecified atom stereocenters. The summed E-state index contributed by atoms with van der Waals surface area (Å²) in [6.45, 7) is 4.76. The van der Waals surface area contributed by atoms with Gasteiger partial charge in [0.15, 0.2) is 0 Å². The molecule has 0 radical (unpaired) electrons. The molecule has 20 heavy (non-hydrogen) atoms. The third-order valence-corrected chi connectivity index (χ3v) is 3.11. The van der Waals surface area contributed by atoms with Crippen molar-refractivity contribution in [3.05, 3.63) is 53.7 Å². The number of nitrogens with zero attached hydrogens (tertiary/aromatic N) is 2. The lowest BCUT2D eigenvalue weighted by Gasteiger charge is -2.19. The smallest absolute Gasteiger partial charge is 0.276 e. The molecule has 0 saturated carbocycles. The number of nitrogens with one attached hydrogen (secondary N) is 1. The number of benzene rings is 1. The van der Waals surface area contributed by atoms with E-state index in [-0.39, 0.29) is 5.91 Å². The van der Waals surface area contributed by atoms with E-state index in [1.54, 1.807) is 18.0 Å². The lowest BCUT2D eigenvalue weighted by atomic mass is 10.2. The molecule has 1 N–H and O–H groups in total. The van der Waals surface area contributed by atoms with Gasteiger partial charge >= 0.3 is 0 Å². The number of carbonyl (C=O) groups is 1. The van der Waals surface area contributed by atoms with Gasteiger partial charge in [-0.15, -0.1) is 0 Å². The van der Waals surface area contributed by atoms with Crippen LogP contribution in [0.3, 0.4) is 0 Å². The number of rotatable bonds is 4. The number of pyridine rings is 1. The molecule has 0 atom stereocenters. The standard InChI is InChI=1S/C16H19N3O/c1-4-17-15-11-7-9-13(18-15)16(20)19(3)14-10-6-5-8-12(14)2/h5-11H,4H2,1-3H3,(H,17,18). The average Bonchev–Trinajstić information content (AvgIpc) is 2.47. The molecule has 0 aliphatic carbocycles. The fraction of sp³-hybridized carbons (Fsp3) is 0.250. The maximum absolute atomic E-state index is 12.5. The van der Waals surface area contributed by atoms with E-state index < -0.39 is 0 Å². The minimum Gasteiger partial charge on any atom is -0.370 e. The monoisotopic (exact) mass is 269 g/mol. The highest BCUT2D eigenvalue weighted by Gasteiger charge is 2.16. The second-order valence-corrected chi connectivity index (χ2v) is 4.59. The first-order chi connectivity index (χ1) is 9.63. The van der Waals surface area contributed by atoms with Gasteiger partial charge in [0.05, 0.1) is 0 Å². The van der Waals surface area contributed by atoms with Crippen molar-refractivity contribution in [2.24, 2.45) is 0 Å². The average molecular weight is 269 g/mol. The van der Waals surface area contributed by atoms with Gasteiger partial charge in [-0.1, -0.05) is 24.3 Å². The number of para-hydroxylation sites is 1. The van der Waals surface area contributed by atoms with E-state index in [4.69, 9.17) is 0 Å². The van der Waals surface area contributed by atoms with Crippen molar-refractivity contribution in [1.82, 2.24) is 4.98 Å². The number of aromatic nitrogens is 1. The van der Waals surface area contributed by atoms with Crippen LogP contribution in [0.1, 0.15) is 23.0 Å². The van der Waals surface area contributed by atoms with Crippen LogP contribution in [-0.2, 0) is 0 Å². The molecule has 0 bridgehead atoms. The number of amides is 1. The Labute approximate surface area is 119 Å². The van der Waals surface area contributed by atoms with Crippen molar-refractivity contribution in [2.45, 2.75) is 13.8 Å². The highest BCUT2D eigenvalue weighted by Crippen LogP contribution is 2.19. The van der Waals surface area contributed by atoms with Crippen molar-refractivity contribution in [3.63, 3.8) is 0 Å². The molecule has 2 aromatic rings. The topological polar surface area (TPSA) is 45.2 Å². The molecule has 1 heterocycles. The number of hydrogen-bond donors (Lipinski definition) is 1. The zero-order valence-corrected chi connectivity index (χ0v) is 12.1. The SMILES string of the molecule is CCNc1cccc(C(=O)N(C)c2ccccc2C)n1. The summed E-state index contributed by atoms with van der Waals surface area (Å²) >= 11 is 0. The molecule has 0 aliphatic rings. The minimum atomic E-state index is -0.112. The van der Waals surface area contributed by atoms with E-state index in [1.807, 2.05) is 50.2 Å². The van der Waals surface area contributed by atoms with Crippen LogP contribution in [0.4, 0.5) is 11.5 Å². The van der Waals surface area contributed by atoms with Gasteiger partial charge in [-0.3, -0.25) is 4.79 Å². The molecule has 104 valence electrons. The van der Waals surface area contributed by atoms with Crippen molar-refractivity contribution in [1.29, 1.82) is 0 Å². The molecule has 1 aromatic carbocycles. The van der Waals surface area contributed by atoms with Gasteiger partial charge in [0, 0.05) is 19.3 Å². The molecule has 0 fully saturated rings. The van der Waals surface area contributed by atoms with E-state index in [1.165, 1.54) is 0 Å². The summed E-state index contributed by atoms with van der Waals surface area (Å²) in [6.07, 6.45) is 0. The third-order valence-electron chi connectivity index (χ3n) is 3.11. The van der Waals surface area contributed by atoms with Crippen molar-refractivity contribution in [2.75, 3.05) is 23.8 Å². The summed E-state index contributed by atoms with van der Waals surface area (Å²) < 4.78 is 0. The summed E-state index contributed by atoms with van der Waals surface area (Å²) in [4.78, 5) is 18.5. The molecule has 1 aromatic heterocycles. The number of anilines is 2. The largest absolute Gasteiger partial charge is 0.370 e. The van der Waals surface area contributed by atoms with Gasteiger partial charge in [0.2, 0.25) is 0 Å². The minimum absolute atomic E-state index is 0.112. The Balaban J connectivity index is 2.27. The van der Waals surface area contributed by atoms with Crippen molar-refractivity contribution >= 4 is 17.4 Å². The Bertz CT molecular complexity index is 610. The molecule has 2 rings (SSSR count). The Morgan fingerprint density at radius 1 is 1.20 bits per heavy atom. The van der Waals surface area contributed by atoms with E-state index >= 15 is 0 Å². The van der Waals surface area contributed by atoms with Gasteiger partial charge in [-0.25, -0.2) is 4.98 Å². The first-order valence-electron chi connectivity index (χ1n) is 6.68. The second-order valence-electron chi connectivity index (χ2n) is 4.59. The lowest BCUT2D eigenvalue weighted by molar-refractivity contribution is 0.0988. The fourth-order valence-corrected chi connectivity index (χ4v) is 2.05. The Kier molecular flexibility index (Phi) is 4.35. The van der Waals surface area contributed by atoms with E-state index in [0.717, 1.165) is 23.6 Å². The first-order valence-corrected chi connectivity index (χ1v) is 6.68. The number of carbonyl (C=O) groups excluding carboxylic acids is 1. The van der Waals surface area contributed by atoms with E-state index in [0.29, 0.717) is 5.69 Å². The number of hydrogen-bond acceptors (Lipinski definition) is 3. The molecule has 0 aliphatic heterocycles. The summed E-state index contributed by atoms with van der Waals surface area (Å²) in [5.41, 5.74) is 2.40. The van der Waals surface area contributed by atoms with Crippen LogP contribution in [0.5, 0.6) is 0 Å². The molecule has 4 nitrogen and oxygen atoms in total. The maximum atomic E-state index is 12.5. The molecule has 4 heteroatoms. The van der Waals surface area contributed by atoms with Gasteiger partial charge in [0.1, 0.15) is 11.5 Å². The van der Waals surface area contributed by atoms with Crippen LogP contribution in [0, 0.1) is 6.92 Å². The van der Waals surface area contributed by atoms with Crippen LogP contribution < -0.4 is 10.2 Å². The summed E-state index contributed by atoms with van der Waals surface area (Å²) in [7, 11) is 1.77. The first kappa shape index (κ1) is 14.1. The lowest BCUT2D eigenvalue weighted by Crippen LogP contribution is -2.27. The maximum Gasteiger partial charge on any atom is 0.276 e. The van der Waals surface area contributed by atoms with Crippen LogP contribution in [0.2, 0.25) is 0 Å². The molecule has 0 saturated heterocycles. The molecular formula is C16H19N3O. The molecule has 0 spiro atoms. The second kappa shape index (κ2) is 6.19. The van der Waals surface area contributed by atoms with Crippen LogP contribution in [0.25, 0.3) is 0 Å². The zero-order chi connectivity index (χ0) is 14.5. The predicted molar refractivity (Wildman–Crippen MR) is 82.3 cm³/mol. The third kappa shape index (κ3) is 2.96. The summed E-state index contributed by atoms with van der Waals surface area (Å²) in [5.74, 6) is 0.607. The van der Waals surface area contributed by atoms with E-state index in [9.17, 15) is 4.79 Å². The fourth-order valence-electron chi connectivity index (χ4n) is 2.05. The van der Waals surface area contributed by atoms with Crippen LogP contribution in [-0.4, -0.2) is 24.5 Å². The highest BCUT2D eigenvalue weighted by atomic mass is 16.2. The van der Waals surface area contributed by atoms with Gasteiger partial charge in [0.25, 0.3) is 5.91 Å². The van der Waals surface area contributed by atoms with E-state index in [2.05, 4.69) is 10.3 Å². The molecule has 1 amide bonds. The number of aryl methyl sites for hydroxylation is 1. The van der Waals surface area contributed by atoms with Crippen LogP contribution in [0.15, 0.2) is 42.5 Å². The van der Waals surface area contributed by atoms with Crippen LogP contribution >= 0.6 is 0 Å². The summed E-state index contributed by atoms with van der Waals surface area (Å²) in [5, 5.41) is 3.11. The van der Waals surface area contributed by atoms with Gasteiger partial charge in [-0.05, 0) is 37.6 Å². The molecular weight excluding hydrogens is 250 g/mol. The Hall–Kier alpha value is -2.36. The van der Waals surface area contributed by atoms with Gasteiger partial charge < -0.3 is 10.2 Å². The predicted octanol–water partition coefficient (Wildman–Crippen LogP) is 3.10. The summed E-state index contributed by atoms with van der Waals surface area (Å²) in [6, 6.07) is 13.2. The quantitative estimate of drug-likeness (QED) is 0.927. The van der Waals surface area contributed by atoms with Crippen molar-refractivity contribution < 1.29 is 4.79 Å². The van der Waals surface area contributed by atoms with Gasteiger partial charge in [-0.2, -0.15) is 0 Å².